The summed E-state index contributed by atoms with van der Waals surface area (Å²) in [6.07, 6.45) is 1.34. The van der Waals surface area contributed by atoms with Gasteiger partial charge in [0, 0.05) is 6.07 Å². The van der Waals surface area contributed by atoms with Gasteiger partial charge < -0.3 is 18.9 Å². The first-order valence-electron chi connectivity index (χ1n) is 5.35. The van der Waals surface area contributed by atoms with E-state index in [1.54, 1.807) is 12.1 Å². The zero-order valence-corrected chi connectivity index (χ0v) is 10.4. The van der Waals surface area contributed by atoms with Gasteiger partial charge >= 0.3 is 11.9 Å². The summed E-state index contributed by atoms with van der Waals surface area (Å²) in [7, 11) is 2.37. The van der Waals surface area contributed by atoms with Crippen LogP contribution < -0.4 is 9.47 Å². The molecule has 0 bridgehead atoms. The van der Waals surface area contributed by atoms with Crippen molar-refractivity contribution >= 4 is 18.0 Å². The topological polar surface area (TPSA) is 71.1 Å². The molecule has 2 rings (SSSR count). The molecule has 6 heteroatoms. The molecular weight excluding hydrogens is 252 g/mol. The SMILES string of the molecule is COC(=O)C(=Cc1c[c]c2c(c1)OCO2)C(=O)OC. The number of fused-ring (bicyclic) bond motifs is 1. The third-order valence-electron chi connectivity index (χ3n) is 2.43. The molecule has 1 aromatic rings. The molecule has 0 atom stereocenters. The van der Waals surface area contributed by atoms with E-state index in [-0.39, 0.29) is 12.4 Å². The summed E-state index contributed by atoms with van der Waals surface area (Å²) < 4.78 is 19.3. The van der Waals surface area contributed by atoms with E-state index in [4.69, 9.17) is 9.47 Å². The fraction of sp³-hybridized carbons (Fsp3) is 0.231. The zero-order chi connectivity index (χ0) is 13.8. The van der Waals surface area contributed by atoms with E-state index in [2.05, 4.69) is 15.5 Å². The lowest BCUT2D eigenvalue weighted by Gasteiger charge is -2.04. The van der Waals surface area contributed by atoms with E-state index in [1.807, 2.05) is 0 Å². The van der Waals surface area contributed by atoms with Gasteiger partial charge in [-0.2, -0.15) is 0 Å². The number of benzene rings is 1. The quantitative estimate of drug-likeness (QED) is 0.350. The summed E-state index contributed by atoms with van der Waals surface area (Å²) in [5.41, 5.74) is 0.340. The Morgan fingerprint density at radius 2 is 1.95 bits per heavy atom. The molecule has 0 amide bonds. The van der Waals surface area contributed by atoms with E-state index < -0.39 is 11.9 Å². The van der Waals surface area contributed by atoms with Gasteiger partial charge in [0.05, 0.1) is 14.2 Å². The zero-order valence-electron chi connectivity index (χ0n) is 10.4. The monoisotopic (exact) mass is 263 g/mol. The third kappa shape index (κ3) is 2.67. The Bertz CT molecular complexity index is 528. The molecule has 0 aliphatic carbocycles. The lowest BCUT2D eigenvalue weighted by Crippen LogP contribution is -2.15. The van der Waals surface area contributed by atoms with Gasteiger partial charge in [-0.1, -0.05) is 0 Å². The number of rotatable bonds is 3. The predicted octanol–water partition coefficient (Wildman–Crippen LogP) is 0.945. The van der Waals surface area contributed by atoms with Crippen LogP contribution in [0.4, 0.5) is 0 Å². The van der Waals surface area contributed by atoms with E-state index in [0.717, 1.165) is 0 Å². The van der Waals surface area contributed by atoms with E-state index in [1.165, 1.54) is 20.3 Å². The third-order valence-corrected chi connectivity index (χ3v) is 2.43. The van der Waals surface area contributed by atoms with Crippen LogP contribution in [0.1, 0.15) is 5.56 Å². The van der Waals surface area contributed by atoms with Crippen LogP contribution in [0.2, 0.25) is 0 Å². The number of hydrogen-bond acceptors (Lipinski definition) is 6. The minimum atomic E-state index is -0.774. The molecule has 1 radical (unpaired) electrons. The van der Waals surface area contributed by atoms with Crippen LogP contribution in [0, 0.1) is 6.07 Å². The largest absolute Gasteiger partial charge is 0.465 e. The Morgan fingerprint density at radius 3 is 2.58 bits per heavy atom. The van der Waals surface area contributed by atoms with Gasteiger partial charge in [-0.25, -0.2) is 9.59 Å². The van der Waals surface area contributed by atoms with Gasteiger partial charge in [-0.15, -0.1) is 0 Å². The Balaban J connectivity index is 2.35. The number of methoxy groups -OCH3 is 2. The van der Waals surface area contributed by atoms with Gasteiger partial charge in [0.15, 0.2) is 11.5 Å². The number of hydrogen-bond donors (Lipinski definition) is 0. The highest BCUT2D eigenvalue weighted by molar-refractivity contribution is 6.17. The maximum absolute atomic E-state index is 11.5. The highest BCUT2D eigenvalue weighted by Crippen LogP contribution is 2.32. The van der Waals surface area contributed by atoms with Crippen molar-refractivity contribution in [1.29, 1.82) is 0 Å². The van der Waals surface area contributed by atoms with Crippen molar-refractivity contribution in [2.75, 3.05) is 21.0 Å². The van der Waals surface area contributed by atoms with Crippen molar-refractivity contribution in [3.8, 4) is 11.5 Å². The molecule has 99 valence electrons. The fourth-order valence-electron chi connectivity index (χ4n) is 1.52. The van der Waals surface area contributed by atoms with Crippen LogP contribution in [-0.2, 0) is 19.1 Å². The molecule has 0 saturated carbocycles. The summed E-state index contributed by atoms with van der Waals surface area (Å²) in [5.74, 6) is -0.549. The molecule has 1 aliphatic heterocycles. The van der Waals surface area contributed by atoms with Gasteiger partial charge in [0.2, 0.25) is 6.79 Å². The predicted molar refractivity (Wildman–Crippen MR) is 63.4 cm³/mol. The second-order valence-electron chi connectivity index (χ2n) is 3.57. The Morgan fingerprint density at radius 1 is 1.26 bits per heavy atom. The molecule has 0 N–H and O–H groups in total. The molecule has 0 spiro atoms. The molecular formula is C13H11O6. The average Bonchev–Trinajstić information content (AvgIpc) is 2.90. The second kappa shape index (κ2) is 5.43. The summed E-state index contributed by atoms with van der Waals surface area (Å²) in [5, 5.41) is 0. The van der Waals surface area contributed by atoms with Crippen LogP contribution in [-0.4, -0.2) is 33.0 Å². The smallest absolute Gasteiger partial charge is 0.345 e. The first kappa shape index (κ1) is 12.9. The van der Waals surface area contributed by atoms with E-state index >= 15 is 0 Å². The molecule has 1 heterocycles. The lowest BCUT2D eigenvalue weighted by atomic mass is 10.1. The Kier molecular flexibility index (Phi) is 3.70. The van der Waals surface area contributed by atoms with Gasteiger partial charge in [0.1, 0.15) is 5.57 Å². The number of ether oxygens (including phenoxy) is 4. The van der Waals surface area contributed by atoms with E-state index in [9.17, 15) is 9.59 Å². The Labute approximate surface area is 109 Å². The van der Waals surface area contributed by atoms with Crippen LogP contribution in [0.15, 0.2) is 17.7 Å². The second-order valence-corrected chi connectivity index (χ2v) is 3.57. The number of carbonyl (C=O) groups excluding carboxylic acids is 2. The van der Waals surface area contributed by atoms with Gasteiger partial charge in [-0.05, 0) is 23.8 Å². The minimum absolute atomic E-state index is 0.125. The summed E-state index contributed by atoms with van der Waals surface area (Å²) >= 11 is 0. The standard InChI is InChI=1S/C13H11O6/c1-16-12(14)9(13(15)17-2)5-8-3-4-10-11(6-8)19-7-18-10/h3,5-6H,7H2,1-2H3. The minimum Gasteiger partial charge on any atom is -0.465 e. The number of esters is 2. The fourth-order valence-corrected chi connectivity index (χ4v) is 1.52. The van der Waals surface area contributed by atoms with Crippen molar-refractivity contribution in [1.82, 2.24) is 0 Å². The van der Waals surface area contributed by atoms with Crippen LogP contribution in [0.25, 0.3) is 6.08 Å². The first-order valence-corrected chi connectivity index (χ1v) is 5.35. The maximum Gasteiger partial charge on any atom is 0.345 e. The van der Waals surface area contributed by atoms with Crippen molar-refractivity contribution in [3.63, 3.8) is 0 Å². The molecule has 1 aromatic carbocycles. The molecule has 0 aromatic heterocycles. The van der Waals surface area contributed by atoms with Crippen LogP contribution >= 0.6 is 0 Å². The van der Waals surface area contributed by atoms with Gasteiger partial charge in [-0.3, -0.25) is 0 Å². The van der Waals surface area contributed by atoms with Crippen molar-refractivity contribution in [3.05, 3.63) is 29.3 Å². The van der Waals surface area contributed by atoms with Crippen molar-refractivity contribution in [2.24, 2.45) is 0 Å². The van der Waals surface area contributed by atoms with E-state index in [0.29, 0.717) is 17.1 Å². The normalized spacial score (nSPS) is 11.7. The van der Waals surface area contributed by atoms with Gasteiger partial charge in [0.25, 0.3) is 0 Å². The van der Waals surface area contributed by atoms with Crippen LogP contribution in [0.5, 0.6) is 11.5 Å². The average molecular weight is 263 g/mol. The molecule has 0 saturated heterocycles. The summed E-state index contributed by atoms with van der Waals surface area (Å²) in [6, 6.07) is 6.04. The molecule has 6 nitrogen and oxygen atoms in total. The number of carbonyl (C=O) groups is 2. The molecule has 1 aliphatic rings. The highest BCUT2D eigenvalue weighted by atomic mass is 16.7. The lowest BCUT2D eigenvalue weighted by molar-refractivity contribution is -0.143. The van der Waals surface area contributed by atoms with Crippen LogP contribution in [0.3, 0.4) is 0 Å². The summed E-state index contributed by atoms with van der Waals surface area (Å²) in [4.78, 5) is 23.0. The Hall–Kier alpha value is -2.50. The maximum atomic E-state index is 11.5. The molecule has 19 heavy (non-hydrogen) atoms. The molecule has 0 fully saturated rings. The van der Waals surface area contributed by atoms with Crippen molar-refractivity contribution in [2.45, 2.75) is 0 Å². The highest BCUT2D eigenvalue weighted by Gasteiger charge is 2.20. The first-order chi connectivity index (χ1) is 9.15. The molecule has 0 unspecified atom stereocenters. The van der Waals surface area contributed by atoms with Crippen molar-refractivity contribution < 1.29 is 28.5 Å². The summed E-state index contributed by atoms with van der Waals surface area (Å²) in [6.45, 7) is 0.125.